The maximum atomic E-state index is 5.63. The molecule has 0 atom stereocenters. The van der Waals surface area contributed by atoms with Crippen LogP contribution < -0.4 is 10.6 Å². The SMILES string of the molecule is CCN(c1ccccc1)c1ccc(CCN)c(C)c1. The molecule has 0 saturated carbocycles. The molecule has 0 aliphatic heterocycles. The summed E-state index contributed by atoms with van der Waals surface area (Å²) in [7, 11) is 0. The van der Waals surface area contributed by atoms with Gasteiger partial charge in [-0.3, -0.25) is 0 Å². The lowest BCUT2D eigenvalue weighted by molar-refractivity contribution is 0.953. The molecule has 0 fully saturated rings. The lowest BCUT2D eigenvalue weighted by Gasteiger charge is -2.24. The second-order valence-electron chi connectivity index (χ2n) is 4.73. The highest BCUT2D eigenvalue weighted by atomic mass is 15.1. The van der Waals surface area contributed by atoms with Crippen LogP contribution in [0.25, 0.3) is 0 Å². The lowest BCUT2D eigenvalue weighted by atomic mass is 10.0. The first-order chi connectivity index (χ1) is 9.26. The molecule has 0 aliphatic rings. The molecule has 0 radical (unpaired) electrons. The molecule has 19 heavy (non-hydrogen) atoms. The van der Waals surface area contributed by atoms with Gasteiger partial charge in [0.2, 0.25) is 0 Å². The molecular weight excluding hydrogens is 232 g/mol. The average Bonchev–Trinajstić information content (AvgIpc) is 2.44. The fraction of sp³-hybridized carbons (Fsp3) is 0.294. The van der Waals surface area contributed by atoms with Crippen LogP contribution in [-0.4, -0.2) is 13.1 Å². The smallest absolute Gasteiger partial charge is 0.0413 e. The highest BCUT2D eigenvalue weighted by molar-refractivity contribution is 5.64. The third-order valence-corrected chi connectivity index (χ3v) is 3.44. The Hall–Kier alpha value is -1.80. The molecular formula is C17H22N2. The van der Waals surface area contributed by atoms with Crippen LogP contribution in [0.15, 0.2) is 48.5 Å². The van der Waals surface area contributed by atoms with Gasteiger partial charge in [-0.05, 0) is 62.2 Å². The predicted molar refractivity (Wildman–Crippen MR) is 83.1 cm³/mol. The zero-order valence-corrected chi connectivity index (χ0v) is 11.8. The van der Waals surface area contributed by atoms with Gasteiger partial charge in [-0.1, -0.05) is 24.3 Å². The van der Waals surface area contributed by atoms with Crippen molar-refractivity contribution in [2.75, 3.05) is 18.0 Å². The van der Waals surface area contributed by atoms with E-state index in [9.17, 15) is 0 Å². The minimum Gasteiger partial charge on any atom is -0.342 e. The largest absolute Gasteiger partial charge is 0.342 e. The molecule has 0 aromatic heterocycles. The maximum Gasteiger partial charge on any atom is 0.0413 e. The maximum absolute atomic E-state index is 5.63. The Bertz CT molecular complexity index is 520. The Kier molecular flexibility index (Phi) is 4.58. The molecule has 0 saturated heterocycles. The van der Waals surface area contributed by atoms with Crippen molar-refractivity contribution in [1.82, 2.24) is 0 Å². The van der Waals surface area contributed by atoms with Crippen LogP contribution in [0.1, 0.15) is 18.1 Å². The van der Waals surface area contributed by atoms with Gasteiger partial charge in [0.1, 0.15) is 0 Å². The number of hydrogen-bond acceptors (Lipinski definition) is 2. The Morgan fingerprint density at radius 3 is 2.32 bits per heavy atom. The summed E-state index contributed by atoms with van der Waals surface area (Å²) in [5, 5.41) is 0. The topological polar surface area (TPSA) is 29.3 Å². The van der Waals surface area contributed by atoms with Crippen molar-refractivity contribution < 1.29 is 0 Å². The molecule has 2 heteroatoms. The molecule has 2 aromatic carbocycles. The Balaban J connectivity index is 2.32. The standard InChI is InChI=1S/C17H22N2/c1-3-19(16-7-5-4-6-8-16)17-10-9-15(11-12-18)14(2)13-17/h4-10,13H,3,11-12,18H2,1-2H3. The summed E-state index contributed by atoms with van der Waals surface area (Å²) in [4.78, 5) is 2.32. The monoisotopic (exact) mass is 254 g/mol. The van der Waals surface area contributed by atoms with Crippen molar-refractivity contribution in [1.29, 1.82) is 0 Å². The normalized spacial score (nSPS) is 10.5. The van der Waals surface area contributed by atoms with Gasteiger partial charge in [-0.25, -0.2) is 0 Å². The minimum absolute atomic E-state index is 0.705. The van der Waals surface area contributed by atoms with Crippen LogP contribution in [0.2, 0.25) is 0 Å². The number of nitrogens with two attached hydrogens (primary N) is 1. The van der Waals surface area contributed by atoms with Gasteiger partial charge >= 0.3 is 0 Å². The first-order valence-electron chi connectivity index (χ1n) is 6.88. The van der Waals surface area contributed by atoms with Crippen LogP contribution in [0.3, 0.4) is 0 Å². The van der Waals surface area contributed by atoms with E-state index in [0.717, 1.165) is 13.0 Å². The number of rotatable bonds is 5. The predicted octanol–water partition coefficient (Wildman–Crippen LogP) is 3.65. The second-order valence-corrected chi connectivity index (χ2v) is 4.73. The van der Waals surface area contributed by atoms with Gasteiger partial charge in [0.25, 0.3) is 0 Å². The van der Waals surface area contributed by atoms with Crippen LogP contribution in [0.5, 0.6) is 0 Å². The average molecular weight is 254 g/mol. The van der Waals surface area contributed by atoms with Crippen molar-refractivity contribution in [2.24, 2.45) is 5.73 Å². The van der Waals surface area contributed by atoms with Gasteiger partial charge in [0.05, 0.1) is 0 Å². The van der Waals surface area contributed by atoms with Crippen molar-refractivity contribution in [3.63, 3.8) is 0 Å². The molecule has 0 unspecified atom stereocenters. The highest BCUT2D eigenvalue weighted by Gasteiger charge is 2.08. The van der Waals surface area contributed by atoms with Crippen molar-refractivity contribution in [2.45, 2.75) is 20.3 Å². The summed E-state index contributed by atoms with van der Waals surface area (Å²) in [6.07, 6.45) is 0.948. The van der Waals surface area contributed by atoms with E-state index < -0.39 is 0 Å². The molecule has 0 bridgehead atoms. The third-order valence-electron chi connectivity index (χ3n) is 3.44. The van der Waals surface area contributed by atoms with Crippen LogP contribution >= 0.6 is 0 Å². The summed E-state index contributed by atoms with van der Waals surface area (Å²) < 4.78 is 0. The summed E-state index contributed by atoms with van der Waals surface area (Å²) >= 11 is 0. The van der Waals surface area contributed by atoms with Gasteiger partial charge in [0, 0.05) is 17.9 Å². The van der Waals surface area contributed by atoms with Crippen molar-refractivity contribution in [3.8, 4) is 0 Å². The number of nitrogens with zero attached hydrogens (tertiary/aromatic N) is 1. The van der Waals surface area contributed by atoms with Gasteiger partial charge < -0.3 is 10.6 Å². The number of aryl methyl sites for hydroxylation is 1. The zero-order chi connectivity index (χ0) is 13.7. The van der Waals surface area contributed by atoms with Gasteiger partial charge in [-0.2, -0.15) is 0 Å². The number of hydrogen-bond donors (Lipinski definition) is 1. The molecule has 0 amide bonds. The summed E-state index contributed by atoms with van der Waals surface area (Å²) in [5.74, 6) is 0. The van der Waals surface area contributed by atoms with Crippen molar-refractivity contribution in [3.05, 3.63) is 59.7 Å². The summed E-state index contributed by atoms with van der Waals surface area (Å²) in [6, 6.07) is 17.1. The van der Waals surface area contributed by atoms with E-state index in [1.165, 1.54) is 22.5 Å². The van der Waals surface area contributed by atoms with E-state index >= 15 is 0 Å². The van der Waals surface area contributed by atoms with Crippen LogP contribution in [0, 0.1) is 6.92 Å². The quantitative estimate of drug-likeness (QED) is 0.882. The first-order valence-corrected chi connectivity index (χ1v) is 6.88. The van der Waals surface area contributed by atoms with E-state index in [1.54, 1.807) is 0 Å². The lowest BCUT2D eigenvalue weighted by Crippen LogP contribution is -2.16. The van der Waals surface area contributed by atoms with Gasteiger partial charge in [0.15, 0.2) is 0 Å². The fourth-order valence-corrected chi connectivity index (χ4v) is 2.41. The Morgan fingerprint density at radius 1 is 1.00 bits per heavy atom. The van der Waals surface area contributed by atoms with E-state index in [-0.39, 0.29) is 0 Å². The molecule has 2 aromatic rings. The zero-order valence-electron chi connectivity index (χ0n) is 11.8. The molecule has 100 valence electrons. The number of benzene rings is 2. The second kappa shape index (κ2) is 6.39. The fourth-order valence-electron chi connectivity index (χ4n) is 2.41. The van der Waals surface area contributed by atoms with Crippen LogP contribution in [-0.2, 0) is 6.42 Å². The van der Waals surface area contributed by atoms with Gasteiger partial charge in [-0.15, -0.1) is 0 Å². The van der Waals surface area contributed by atoms with E-state index in [0.29, 0.717) is 6.54 Å². The third kappa shape index (κ3) is 3.15. The first kappa shape index (κ1) is 13.6. The van der Waals surface area contributed by atoms with E-state index in [2.05, 4.69) is 61.2 Å². The Labute approximate surface area is 115 Å². The van der Waals surface area contributed by atoms with E-state index in [4.69, 9.17) is 5.73 Å². The van der Waals surface area contributed by atoms with Crippen molar-refractivity contribution >= 4 is 11.4 Å². The molecule has 2 nitrogen and oxygen atoms in total. The summed E-state index contributed by atoms with van der Waals surface area (Å²) in [5.41, 5.74) is 10.8. The van der Waals surface area contributed by atoms with E-state index in [1.807, 2.05) is 6.07 Å². The molecule has 0 heterocycles. The molecule has 0 aliphatic carbocycles. The number of anilines is 2. The minimum atomic E-state index is 0.705. The summed E-state index contributed by atoms with van der Waals surface area (Å²) in [6.45, 7) is 6.00. The molecule has 0 spiro atoms. The number of para-hydroxylation sites is 1. The molecule has 2 rings (SSSR count). The Morgan fingerprint density at radius 2 is 1.74 bits per heavy atom. The molecule has 2 N–H and O–H groups in total. The highest BCUT2D eigenvalue weighted by Crippen LogP contribution is 2.26. The van der Waals surface area contributed by atoms with Crippen LogP contribution in [0.4, 0.5) is 11.4 Å².